The summed E-state index contributed by atoms with van der Waals surface area (Å²) in [5, 5.41) is 9.84. The van der Waals surface area contributed by atoms with Gasteiger partial charge < -0.3 is 19.5 Å². The van der Waals surface area contributed by atoms with E-state index in [4.69, 9.17) is 4.74 Å². The van der Waals surface area contributed by atoms with Crippen LogP contribution in [0.15, 0.2) is 18.2 Å². The molecule has 6 nitrogen and oxygen atoms in total. The number of carbonyl (C=O) groups is 2. The summed E-state index contributed by atoms with van der Waals surface area (Å²) in [5.41, 5.74) is 1.09. The largest absolute Gasteiger partial charge is 0.507 e. The van der Waals surface area contributed by atoms with Gasteiger partial charge >= 0.3 is 5.97 Å². The molecule has 6 heteroatoms. The molecule has 1 N–H and O–H groups in total. The molecule has 1 atom stereocenters. The SMILES string of the molecule is COC(=O)C1CN(C(=O)c2ccc(C)cc2O)CCO1. The third-order valence-corrected chi connectivity index (χ3v) is 3.20. The number of nitrogens with zero attached hydrogens (tertiary/aromatic N) is 1. The second-order valence-corrected chi connectivity index (χ2v) is 4.65. The highest BCUT2D eigenvalue weighted by Gasteiger charge is 2.31. The van der Waals surface area contributed by atoms with E-state index in [-0.39, 0.29) is 30.4 Å². The zero-order chi connectivity index (χ0) is 14.7. The van der Waals surface area contributed by atoms with Crippen molar-refractivity contribution in [3.05, 3.63) is 29.3 Å². The maximum atomic E-state index is 12.3. The number of methoxy groups -OCH3 is 1. The fourth-order valence-corrected chi connectivity index (χ4v) is 2.10. The Bertz CT molecular complexity index is 528. The standard InChI is InChI=1S/C14H17NO5/c1-9-3-4-10(11(16)7-9)13(17)15-5-6-20-12(8-15)14(18)19-2/h3-4,7,12,16H,5-6,8H2,1-2H3. The average molecular weight is 279 g/mol. The van der Waals surface area contributed by atoms with Crippen LogP contribution < -0.4 is 0 Å². The number of morpholine rings is 1. The lowest BCUT2D eigenvalue weighted by Crippen LogP contribution is -2.48. The summed E-state index contributed by atoms with van der Waals surface area (Å²) in [7, 11) is 1.28. The molecule has 1 aromatic rings. The molecule has 0 aromatic heterocycles. The average Bonchev–Trinajstić information content (AvgIpc) is 2.46. The van der Waals surface area contributed by atoms with Crippen molar-refractivity contribution in [3.63, 3.8) is 0 Å². The number of aryl methyl sites for hydroxylation is 1. The van der Waals surface area contributed by atoms with Gasteiger partial charge in [0.2, 0.25) is 0 Å². The quantitative estimate of drug-likeness (QED) is 0.807. The van der Waals surface area contributed by atoms with E-state index in [2.05, 4.69) is 4.74 Å². The van der Waals surface area contributed by atoms with Crippen molar-refractivity contribution >= 4 is 11.9 Å². The van der Waals surface area contributed by atoms with Gasteiger partial charge in [-0.3, -0.25) is 4.79 Å². The Kier molecular flexibility index (Phi) is 4.24. The molecular formula is C14H17NO5. The van der Waals surface area contributed by atoms with E-state index >= 15 is 0 Å². The monoisotopic (exact) mass is 279 g/mol. The number of phenols is 1. The number of ether oxygens (including phenoxy) is 2. The van der Waals surface area contributed by atoms with Crippen LogP contribution in [0.25, 0.3) is 0 Å². The van der Waals surface area contributed by atoms with Crippen LogP contribution in [0, 0.1) is 6.92 Å². The number of carbonyl (C=O) groups excluding carboxylic acids is 2. The highest BCUT2D eigenvalue weighted by Crippen LogP contribution is 2.21. The first kappa shape index (κ1) is 14.3. The molecule has 1 aliphatic heterocycles. The van der Waals surface area contributed by atoms with Gasteiger partial charge in [-0.1, -0.05) is 6.07 Å². The van der Waals surface area contributed by atoms with Crippen molar-refractivity contribution in [2.45, 2.75) is 13.0 Å². The summed E-state index contributed by atoms with van der Waals surface area (Å²) in [6, 6.07) is 4.87. The first-order chi connectivity index (χ1) is 9.52. The van der Waals surface area contributed by atoms with Gasteiger partial charge in [-0.2, -0.15) is 0 Å². The van der Waals surface area contributed by atoms with E-state index in [1.807, 2.05) is 6.92 Å². The van der Waals surface area contributed by atoms with Crippen LogP contribution in [0.2, 0.25) is 0 Å². The fraction of sp³-hybridized carbons (Fsp3) is 0.429. The van der Waals surface area contributed by atoms with Gasteiger partial charge in [0.05, 0.1) is 25.8 Å². The van der Waals surface area contributed by atoms with Crippen LogP contribution in [0.3, 0.4) is 0 Å². The van der Waals surface area contributed by atoms with E-state index in [0.717, 1.165) is 5.56 Å². The number of hydrogen-bond donors (Lipinski definition) is 1. The Hall–Kier alpha value is -2.08. The second kappa shape index (κ2) is 5.92. The number of rotatable bonds is 2. The minimum atomic E-state index is -0.773. The van der Waals surface area contributed by atoms with Crippen molar-refractivity contribution in [2.75, 3.05) is 26.8 Å². The summed E-state index contributed by atoms with van der Waals surface area (Å²) in [5.74, 6) is -0.883. The highest BCUT2D eigenvalue weighted by atomic mass is 16.6. The number of hydrogen-bond acceptors (Lipinski definition) is 5. The third-order valence-electron chi connectivity index (χ3n) is 3.20. The molecular weight excluding hydrogens is 262 g/mol. The van der Waals surface area contributed by atoms with Crippen molar-refractivity contribution < 1.29 is 24.2 Å². The van der Waals surface area contributed by atoms with Gasteiger partial charge in [-0.25, -0.2) is 4.79 Å². The zero-order valence-electron chi connectivity index (χ0n) is 11.5. The van der Waals surface area contributed by atoms with E-state index in [9.17, 15) is 14.7 Å². The van der Waals surface area contributed by atoms with Crippen LogP contribution in [0.1, 0.15) is 15.9 Å². The molecule has 2 rings (SSSR count). The van der Waals surface area contributed by atoms with Crippen LogP contribution in [0.4, 0.5) is 0 Å². The molecule has 0 spiro atoms. The Morgan fingerprint density at radius 2 is 2.20 bits per heavy atom. The number of esters is 1. The van der Waals surface area contributed by atoms with Crippen molar-refractivity contribution in [1.82, 2.24) is 4.90 Å². The molecule has 1 unspecified atom stereocenters. The van der Waals surface area contributed by atoms with Gasteiger partial charge in [-0.15, -0.1) is 0 Å². The van der Waals surface area contributed by atoms with Crippen molar-refractivity contribution in [3.8, 4) is 5.75 Å². The van der Waals surface area contributed by atoms with E-state index in [1.54, 1.807) is 12.1 Å². The normalized spacial score (nSPS) is 18.7. The summed E-state index contributed by atoms with van der Waals surface area (Å²) in [6.45, 7) is 2.59. The second-order valence-electron chi connectivity index (χ2n) is 4.65. The van der Waals surface area contributed by atoms with Crippen LogP contribution in [-0.2, 0) is 14.3 Å². The Labute approximate surface area is 116 Å². The molecule has 0 aliphatic carbocycles. The smallest absolute Gasteiger partial charge is 0.336 e. The number of amides is 1. The molecule has 1 amide bonds. The highest BCUT2D eigenvalue weighted by molar-refractivity contribution is 5.97. The molecule has 0 bridgehead atoms. The van der Waals surface area contributed by atoms with Crippen LogP contribution in [0.5, 0.6) is 5.75 Å². The lowest BCUT2D eigenvalue weighted by molar-refractivity contribution is -0.158. The molecule has 1 fully saturated rings. The van der Waals surface area contributed by atoms with Gasteiger partial charge in [0.1, 0.15) is 5.75 Å². The Morgan fingerprint density at radius 3 is 2.85 bits per heavy atom. The van der Waals surface area contributed by atoms with Crippen LogP contribution in [-0.4, -0.2) is 54.8 Å². The Morgan fingerprint density at radius 1 is 1.45 bits per heavy atom. The number of benzene rings is 1. The van der Waals surface area contributed by atoms with Crippen molar-refractivity contribution in [1.29, 1.82) is 0 Å². The van der Waals surface area contributed by atoms with Gasteiger partial charge in [0.25, 0.3) is 5.91 Å². The maximum Gasteiger partial charge on any atom is 0.336 e. The summed E-state index contributed by atoms with van der Waals surface area (Å²) in [6.07, 6.45) is -0.773. The number of phenolic OH excluding ortho intramolecular Hbond substituents is 1. The molecule has 1 aliphatic rings. The molecule has 0 saturated carbocycles. The Balaban J connectivity index is 2.14. The predicted octanol–water partition coefficient (Wildman–Crippen LogP) is 0.715. The molecule has 0 radical (unpaired) electrons. The lowest BCUT2D eigenvalue weighted by Gasteiger charge is -2.31. The molecule has 1 saturated heterocycles. The van der Waals surface area contributed by atoms with E-state index in [0.29, 0.717) is 6.54 Å². The first-order valence-corrected chi connectivity index (χ1v) is 6.31. The predicted molar refractivity (Wildman–Crippen MR) is 70.5 cm³/mol. The first-order valence-electron chi connectivity index (χ1n) is 6.31. The molecule has 1 heterocycles. The van der Waals surface area contributed by atoms with Gasteiger partial charge in [-0.05, 0) is 24.6 Å². The van der Waals surface area contributed by atoms with E-state index in [1.165, 1.54) is 18.1 Å². The van der Waals surface area contributed by atoms with Gasteiger partial charge in [0, 0.05) is 6.54 Å². The molecule has 108 valence electrons. The third kappa shape index (κ3) is 2.91. The zero-order valence-corrected chi connectivity index (χ0v) is 11.5. The topological polar surface area (TPSA) is 76.1 Å². The molecule has 20 heavy (non-hydrogen) atoms. The summed E-state index contributed by atoms with van der Waals surface area (Å²) < 4.78 is 9.88. The molecule has 1 aromatic carbocycles. The van der Waals surface area contributed by atoms with E-state index < -0.39 is 12.1 Å². The summed E-state index contributed by atoms with van der Waals surface area (Å²) in [4.78, 5) is 25.3. The maximum absolute atomic E-state index is 12.3. The van der Waals surface area contributed by atoms with Crippen molar-refractivity contribution in [2.24, 2.45) is 0 Å². The fourth-order valence-electron chi connectivity index (χ4n) is 2.10. The minimum Gasteiger partial charge on any atom is -0.507 e. The van der Waals surface area contributed by atoms with Gasteiger partial charge in [0.15, 0.2) is 6.10 Å². The summed E-state index contributed by atoms with van der Waals surface area (Å²) >= 11 is 0. The van der Waals surface area contributed by atoms with Crippen LogP contribution >= 0.6 is 0 Å². The number of aromatic hydroxyl groups is 1. The lowest BCUT2D eigenvalue weighted by atomic mass is 10.1. The minimum absolute atomic E-state index is 0.0592.